The van der Waals surface area contributed by atoms with E-state index in [9.17, 15) is 32.4 Å². The Balaban J connectivity index is 1.34. The summed E-state index contributed by atoms with van der Waals surface area (Å²) in [6.45, 7) is 11.9. The van der Waals surface area contributed by atoms with Crippen LogP contribution in [0.2, 0.25) is 0 Å². The van der Waals surface area contributed by atoms with E-state index in [1.54, 1.807) is 4.90 Å². The summed E-state index contributed by atoms with van der Waals surface area (Å²) in [4.78, 5) is 69.6. The highest BCUT2D eigenvalue weighted by molar-refractivity contribution is 7.92. The number of hydrogen-bond acceptors (Lipinski definition) is 7. The van der Waals surface area contributed by atoms with Gasteiger partial charge in [0, 0.05) is 12.6 Å². The van der Waals surface area contributed by atoms with Crippen LogP contribution in [-0.4, -0.2) is 90.1 Å². The van der Waals surface area contributed by atoms with Crippen LogP contribution in [-0.2, 0) is 29.0 Å². The Bertz CT molecular complexity index is 1400. The van der Waals surface area contributed by atoms with E-state index in [-0.39, 0.29) is 29.0 Å². The van der Waals surface area contributed by atoms with Gasteiger partial charge >= 0.3 is 6.03 Å². The van der Waals surface area contributed by atoms with Gasteiger partial charge in [0.1, 0.15) is 12.1 Å². The van der Waals surface area contributed by atoms with E-state index in [0.29, 0.717) is 45.1 Å². The van der Waals surface area contributed by atoms with E-state index in [1.807, 2.05) is 27.7 Å². The Morgan fingerprint density at radius 2 is 1.58 bits per heavy atom. The highest BCUT2D eigenvalue weighted by Gasteiger charge is 2.70. The molecule has 0 aromatic carbocycles. The second kappa shape index (κ2) is 13.5. The van der Waals surface area contributed by atoms with Gasteiger partial charge in [0.2, 0.25) is 17.6 Å². The zero-order valence-electron chi connectivity index (χ0n) is 29.7. The van der Waals surface area contributed by atoms with Crippen molar-refractivity contribution in [3.05, 3.63) is 0 Å². The number of piperidine rings is 1. The van der Waals surface area contributed by atoms with Gasteiger partial charge in [-0.3, -0.25) is 19.2 Å². The summed E-state index contributed by atoms with van der Waals surface area (Å²) in [5.74, 6) is -2.16. The summed E-state index contributed by atoms with van der Waals surface area (Å²) in [5.41, 5.74) is -1.81. The molecule has 3 aliphatic carbocycles. The molecule has 13 heteroatoms. The molecule has 3 saturated carbocycles. The molecule has 270 valence electrons. The topological polar surface area (TPSA) is 171 Å². The number of carbonyl (C=O) groups excluding carboxylic acids is 5. The normalized spacial score (nSPS) is 29.8. The molecule has 0 aromatic heterocycles. The summed E-state index contributed by atoms with van der Waals surface area (Å²) in [6, 6.07) is -3.43. The van der Waals surface area contributed by atoms with Crippen LogP contribution >= 0.6 is 0 Å². The van der Waals surface area contributed by atoms with Crippen molar-refractivity contribution < 1.29 is 32.4 Å². The number of fused-ring (bicyclic) bond motifs is 1. The maximum Gasteiger partial charge on any atom is 0.315 e. The summed E-state index contributed by atoms with van der Waals surface area (Å²) in [7, 11) is -3.38. The third-order valence-corrected chi connectivity index (χ3v) is 14.2. The number of urea groups is 1. The van der Waals surface area contributed by atoms with Crippen LogP contribution in [0.4, 0.5) is 4.79 Å². The van der Waals surface area contributed by atoms with Crippen molar-refractivity contribution in [2.24, 2.45) is 22.7 Å². The first kappa shape index (κ1) is 36.6. The van der Waals surface area contributed by atoms with Crippen molar-refractivity contribution in [1.29, 1.82) is 0 Å². The molecule has 0 spiro atoms. The molecule has 12 nitrogen and oxygen atoms in total. The molecule has 4 N–H and O–H groups in total. The van der Waals surface area contributed by atoms with Gasteiger partial charge in [-0.25, -0.2) is 13.2 Å². The minimum Gasteiger partial charge on any atom is -0.347 e. The zero-order valence-corrected chi connectivity index (χ0v) is 30.5. The lowest BCUT2D eigenvalue weighted by Gasteiger charge is -2.45. The molecule has 0 unspecified atom stereocenters. The van der Waals surface area contributed by atoms with E-state index >= 15 is 0 Å². The number of nitrogens with one attached hydrogen (secondary N) is 4. The molecule has 0 aromatic rings. The maximum absolute atomic E-state index is 14.5. The highest BCUT2D eigenvalue weighted by Crippen LogP contribution is 2.65. The lowest BCUT2D eigenvalue weighted by Crippen LogP contribution is -2.66. The molecule has 5 fully saturated rings. The molecule has 0 bridgehead atoms. The van der Waals surface area contributed by atoms with Crippen LogP contribution in [0.15, 0.2) is 0 Å². The van der Waals surface area contributed by atoms with E-state index in [0.717, 1.165) is 38.5 Å². The maximum atomic E-state index is 14.5. The third kappa shape index (κ3) is 7.40. The molecule has 2 saturated heterocycles. The average molecular weight is 692 g/mol. The SMILES string of the molecule is CCC[C@H](NC(=O)[C@@H]1[C@H]2[C@@H](CN1C(=O)[C@@H](NC(=O)NC1([C@H]3CCCCS3(=O)=O)CCCCC1)C(C)(C)C)C2(C)C)C(=O)C(=O)NC1CC1. The largest absolute Gasteiger partial charge is 0.347 e. The number of ketones is 1. The summed E-state index contributed by atoms with van der Waals surface area (Å²) < 4.78 is 26.5. The van der Waals surface area contributed by atoms with Gasteiger partial charge in [-0.15, -0.1) is 0 Å². The predicted molar refractivity (Wildman–Crippen MR) is 181 cm³/mol. The Morgan fingerprint density at radius 3 is 2.17 bits per heavy atom. The molecular formula is C35H57N5O7S. The standard InChI is InChI=1S/C35H57N5O7S/c1-7-13-23(27(41)30(43)36-21-15-16-21)37-29(42)26-25-22(34(25,5)6)20-40(26)31(44)28(33(2,3)4)38-32(45)39-35(17-10-8-11-18-35)24-14-9-12-19-48(24,46)47/h21-26,28H,7-20H2,1-6H3,(H,36,43)(H,37,42)(H2,38,39,45)/t22-,23+,24-,25-,26+,28-/m1/s1. The van der Waals surface area contributed by atoms with Crippen molar-refractivity contribution in [3.63, 3.8) is 0 Å². The van der Waals surface area contributed by atoms with Crippen LogP contribution in [0.1, 0.15) is 119 Å². The smallest absolute Gasteiger partial charge is 0.315 e. The number of hydrogen-bond donors (Lipinski definition) is 4. The van der Waals surface area contributed by atoms with Gasteiger partial charge in [-0.2, -0.15) is 0 Å². The van der Waals surface area contributed by atoms with Crippen molar-refractivity contribution in [1.82, 2.24) is 26.2 Å². The van der Waals surface area contributed by atoms with Crippen LogP contribution in [0, 0.1) is 22.7 Å². The van der Waals surface area contributed by atoms with Gasteiger partial charge in [0.25, 0.3) is 5.91 Å². The Morgan fingerprint density at radius 1 is 0.917 bits per heavy atom. The Kier molecular flexibility index (Phi) is 10.3. The van der Waals surface area contributed by atoms with Crippen molar-refractivity contribution in [3.8, 4) is 0 Å². The third-order valence-electron chi connectivity index (χ3n) is 11.8. The monoisotopic (exact) mass is 691 g/mol. The first-order chi connectivity index (χ1) is 22.4. The molecule has 5 aliphatic rings. The average Bonchev–Trinajstić information content (AvgIpc) is 3.85. The van der Waals surface area contributed by atoms with Gasteiger partial charge in [0.15, 0.2) is 9.84 Å². The minimum atomic E-state index is -3.38. The Labute approximate surface area is 286 Å². The van der Waals surface area contributed by atoms with Gasteiger partial charge in [0.05, 0.1) is 22.6 Å². The number of carbonyl (C=O) groups is 5. The first-order valence-electron chi connectivity index (χ1n) is 18.2. The van der Waals surface area contributed by atoms with E-state index in [1.165, 1.54) is 0 Å². The van der Waals surface area contributed by atoms with Crippen LogP contribution in [0.3, 0.4) is 0 Å². The van der Waals surface area contributed by atoms with E-state index in [4.69, 9.17) is 0 Å². The van der Waals surface area contributed by atoms with Crippen LogP contribution in [0.25, 0.3) is 0 Å². The van der Waals surface area contributed by atoms with Gasteiger partial charge in [-0.1, -0.05) is 73.6 Å². The van der Waals surface area contributed by atoms with Gasteiger partial charge in [-0.05, 0) is 67.6 Å². The lowest BCUT2D eigenvalue weighted by molar-refractivity contribution is -0.145. The number of Topliss-reactive ketones (excluding diaryl/α,β-unsaturated/α-hetero) is 1. The molecule has 2 aliphatic heterocycles. The van der Waals surface area contributed by atoms with E-state index < -0.39 is 73.7 Å². The minimum absolute atomic E-state index is 0.00878. The summed E-state index contributed by atoms with van der Waals surface area (Å²) >= 11 is 0. The molecule has 5 rings (SSSR count). The number of sulfone groups is 1. The number of nitrogens with zero attached hydrogens (tertiary/aromatic N) is 1. The highest BCUT2D eigenvalue weighted by atomic mass is 32.2. The molecule has 2 heterocycles. The fraction of sp³-hybridized carbons (Fsp3) is 0.857. The molecule has 6 atom stereocenters. The summed E-state index contributed by atoms with van der Waals surface area (Å²) in [6.07, 6.45) is 8.25. The summed E-state index contributed by atoms with van der Waals surface area (Å²) in [5, 5.41) is 10.9. The number of amides is 5. The fourth-order valence-electron chi connectivity index (χ4n) is 8.76. The fourth-order valence-corrected chi connectivity index (χ4v) is 11.2. The molecule has 48 heavy (non-hydrogen) atoms. The second-order valence-electron chi connectivity index (χ2n) is 16.8. The van der Waals surface area contributed by atoms with Gasteiger partial charge < -0.3 is 26.2 Å². The Hall–Kier alpha value is -2.70. The first-order valence-corrected chi connectivity index (χ1v) is 19.9. The van der Waals surface area contributed by atoms with Crippen molar-refractivity contribution in [2.75, 3.05) is 12.3 Å². The van der Waals surface area contributed by atoms with Crippen molar-refractivity contribution in [2.45, 2.75) is 154 Å². The van der Waals surface area contributed by atoms with Crippen molar-refractivity contribution >= 4 is 39.4 Å². The quantitative estimate of drug-likeness (QED) is 0.241. The number of rotatable bonds is 11. The lowest BCUT2D eigenvalue weighted by atomic mass is 9.77. The van der Waals surface area contributed by atoms with Crippen LogP contribution < -0.4 is 21.3 Å². The predicted octanol–water partition coefficient (Wildman–Crippen LogP) is 2.99. The second-order valence-corrected chi connectivity index (χ2v) is 19.1. The zero-order chi connectivity index (χ0) is 35.2. The molecule has 5 amide bonds. The molecule has 0 radical (unpaired) electrons. The van der Waals surface area contributed by atoms with Crippen LogP contribution in [0.5, 0.6) is 0 Å². The number of likely N-dealkylation sites (tertiary alicyclic amines) is 1. The van der Waals surface area contributed by atoms with E-state index in [2.05, 4.69) is 35.1 Å². The molecular weight excluding hydrogens is 634 g/mol.